The van der Waals surface area contributed by atoms with Gasteiger partial charge >= 0.3 is 0 Å². The Kier molecular flexibility index (Phi) is 5.51. The maximum absolute atomic E-state index is 10.4. The van der Waals surface area contributed by atoms with Gasteiger partial charge in [0, 0.05) is 23.1 Å². The number of benzene rings is 3. The fourth-order valence-corrected chi connectivity index (χ4v) is 7.43. The highest BCUT2D eigenvalue weighted by molar-refractivity contribution is 5.94. The molecule has 0 atom stereocenters. The predicted octanol–water partition coefficient (Wildman–Crippen LogP) is 8.68. The second-order valence-corrected chi connectivity index (χ2v) is 13.6. The van der Waals surface area contributed by atoms with Gasteiger partial charge in [0.25, 0.3) is 0 Å². The Morgan fingerprint density at radius 3 is 2.05 bits per heavy atom. The summed E-state index contributed by atoms with van der Waals surface area (Å²) in [4.78, 5) is 0. The van der Waals surface area contributed by atoms with Crippen molar-refractivity contribution in [2.75, 3.05) is 0 Å². The maximum atomic E-state index is 10.4. The molecular weight excluding hydrogens is 472 g/mol. The van der Waals surface area contributed by atoms with Crippen LogP contribution in [-0.2, 0) is 23.3 Å². The van der Waals surface area contributed by atoms with Crippen molar-refractivity contribution in [1.29, 1.82) is 5.26 Å². The summed E-state index contributed by atoms with van der Waals surface area (Å²) in [6.45, 7) is 16.4. The monoisotopic (exact) mass is 511 g/mol. The van der Waals surface area contributed by atoms with Gasteiger partial charge in [-0.3, -0.25) is 0 Å². The van der Waals surface area contributed by atoms with E-state index >= 15 is 0 Å². The van der Waals surface area contributed by atoms with Gasteiger partial charge in [-0.05, 0) is 87.2 Å². The zero-order valence-electron chi connectivity index (χ0n) is 24.7. The second-order valence-electron chi connectivity index (χ2n) is 13.6. The summed E-state index contributed by atoms with van der Waals surface area (Å²) in [5.74, 6) is 0. The zero-order chi connectivity index (χ0) is 27.9. The molecule has 2 heteroatoms. The van der Waals surface area contributed by atoms with Crippen molar-refractivity contribution in [3.63, 3.8) is 0 Å². The molecule has 3 aromatic carbocycles. The zero-order valence-corrected chi connectivity index (χ0v) is 24.7. The Balaban J connectivity index is 1.66. The van der Waals surface area contributed by atoms with Crippen LogP contribution in [-0.4, -0.2) is 0 Å². The molecule has 1 heterocycles. The summed E-state index contributed by atoms with van der Waals surface area (Å²) in [6.07, 6.45) is 4.48. The molecule has 0 saturated carbocycles. The van der Waals surface area contributed by atoms with E-state index in [2.05, 4.69) is 127 Å². The number of hydrogen-bond acceptors (Lipinski definition) is 1. The first-order valence-corrected chi connectivity index (χ1v) is 14.2. The van der Waals surface area contributed by atoms with E-state index in [1.54, 1.807) is 0 Å². The molecular formula is C37H39N2+. The summed E-state index contributed by atoms with van der Waals surface area (Å²) < 4.78 is 2.22. The lowest BCUT2D eigenvalue weighted by Crippen LogP contribution is -2.33. The standard InChI is InChI=1S/C37H39N2/c1-23-12-15-26-27-16-13-25(22-38)32(24-14-17-28-29(21-24)36(4,5)19-18-35(28,2)3)34(27)37(6,7)33(26)31(23)30-11-9-10-20-39(30)8/h9-17,20-21H,18-19H2,1-8H3/q+1. The van der Waals surface area contributed by atoms with Crippen LogP contribution in [0.25, 0.3) is 33.5 Å². The molecule has 6 rings (SSSR count). The van der Waals surface area contributed by atoms with E-state index < -0.39 is 0 Å². The normalized spacial score (nSPS) is 17.6. The third kappa shape index (κ3) is 3.63. The molecule has 0 fully saturated rings. The third-order valence-corrected chi connectivity index (χ3v) is 9.73. The fraction of sp³-hybridized carbons (Fsp3) is 0.351. The first kappa shape index (κ1) is 25.6. The van der Waals surface area contributed by atoms with Crippen molar-refractivity contribution in [3.8, 4) is 39.6 Å². The molecule has 0 unspecified atom stereocenters. The van der Waals surface area contributed by atoms with E-state index in [1.165, 1.54) is 63.0 Å². The Hall–Kier alpha value is -3.70. The molecule has 0 spiro atoms. The van der Waals surface area contributed by atoms with Crippen molar-refractivity contribution in [2.45, 2.75) is 77.6 Å². The van der Waals surface area contributed by atoms with Gasteiger partial charge < -0.3 is 0 Å². The van der Waals surface area contributed by atoms with Crippen LogP contribution >= 0.6 is 0 Å². The minimum Gasteiger partial charge on any atom is -0.201 e. The number of rotatable bonds is 2. The summed E-state index contributed by atoms with van der Waals surface area (Å²) >= 11 is 0. The highest BCUT2D eigenvalue weighted by Gasteiger charge is 2.43. The first-order chi connectivity index (χ1) is 18.4. The SMILES string of the molecule is Cc1ccc2c(c1-c1cccc[n+]1C)C(C)(C)c1c-2ccc(C#N)c1-c1ccc2c(c1)C(C)(C)CCC2(C)C. The fourth-order valence-electron chi connectivity index (χ4n) is 7.43. The van der Waals surface area contributed by atoms with Gasteiger partial charge in [-0.2, -0.15) is 5.26 Å². The van der Waals surface area contributed by atoms with Crippen LogP contribution in [0.1, 0.15) is 87.8 Å². The van der Waals surface area contributed by atoms with Crippen LogP contribution in [0.15, 0.2) is 66.9 Å². The van der Waals surface area contributed by atoms with Crippen molar-refractivity contribution in [3.05, 3.63) is 100 Å². The average molecular weight is 512 g/mol. The number of nitrogens with zero attached hydrogens (tertiary/aromatic N) is 2. The molecule has 0 bridgehead atoms. The molecule has 0 aliphatic heterocycles. The third-order valence-electron chi connectivity index (χ3n) is 9.73. The van der Waals surface area contributed by atoms with E-state index in [4.69, 9.17) is 0 Å². The van der Waals surface area contributed by atoms with E-state index in [0.29, 0.717) is 0 Å². The molecule has 196 valence electrons. The van der Waals surface area contributed by atoms with Crippen molar-refractivity contribution < 1.29 is 4.57 Å². The van der Waals surface area contributed by atoms with Crippen molar-refractivity contribution >= 4 is 0 Å². The smallest absolute Gasteiger partial charge is 0.201 e. The number of hydrogen-bond donors (Lipinski definition) is 0. The molecule has 1 aromatic heterocycles. The molecule has 0 N–H and O–H groups in total. The molecule has 0 amide bonds. The lowest BCUT2D eigenvalue weighted by molar-refractivity contribution is -0.660. The van der Waals surface area contributed by atoms with Crippen LogP contribution in [0.4, 0.5) is 0 Å². The summed E-state index contributed by atoms with van der Waals surface area (Å²) in [7, 11) is 2.12. The van der Waals surface area contributed by atoms with Crippen LogP contribution in [0.2, 0.25) is 0 Å². The molecule has 2 nitrogen and oxygen atoms in total. The average Bonchev–Trinajstić information content (AvgIpc) is 3.13. The van der Waals surface area contributed by atoms with Crippen LogP contribution in [0, 0.1) is 18.3 Å². The van der Waals surface area contributed by atoms with E-state index in [9.17, 15) is 5.26 Å². The Bertz CT molecular complexity index is 1710. The van der Waals surface area contributed by atoms with Gasteiger partial charge in [-0.15, -0.1) is 0 Å². The van der Waals surface area contributed by atoms with Crippen LogP contribution in [0.3, 0.4) is 0 Å². The minimum atomic E-state index is -0.276. The number of nitriles is 1. The minimum absolute atomic E-state index is 0.108. The molecule has 2 aliphatic rings. The Labute approximate surface area is 234 Å². The van der Waals surface area contributed by atoms with Gasteiger partial charge in [-0.1, -0.05) is 77.9 Å². The summed E-state index contributed by atoms with van der Waals surface area (Å²) in [6, 6.07) is 24.8. The predicted molar refractivity (Wildman–Crippen MR) is 161 cm³/mol. The number of aromatic nitrogens is 1. The molecule has 4 aromatic rings. The first-order valence-electron chi connectivity index (χ1n) is 14.2. The van der Waals surface area contributed by atoms with Crippen molar-refractivity contribution in [1.82, 2.24) is 0 Å². The lowest BCUT2D eigenvalue weighted by Gasteiger charge is -2.42. The van der Waals surface area contributed by atoms with Crippen molar-refractivity contribution in [2.24, 2.45) is 7.05 Å². The largest absolute Gasteiger partial charge is 0.212 e. The summed E-state index contributed by atoms with van der Waals surface area (Å²) in [5, 5.41) is 10.4. The highest BCUT2D eigenvalue weighted by atomic mass is 14.9. The lowest BCUT2D eigenvalue weighted by atomic mass is 9.62. The summed E-state index contributed by atoms with van der Waals surface area (Å²) in [5.41, 5.74) is 14.8. The Morgan fingerprint density at radius 2 is 1.38 bits per heavy atom. The van der Waals surface area contributed by atoms with Crippen LogP contribution < -0.4 is 4.57 Å². The van der Waals surface area contributed by atoms with Crippen LogP contribution in [0.5, 0.6) is 0 Å². The van der Waals surface area contributed by atoms with Gasteiger partial charge in [0.05, 0.1) is 17.2 Å². The quantitative estimate of drug-likeness (QED) is 0.247. The topological polar surface area (TPSA) is 27.7 Å². The maximum Gasteiger partial charge on any atom is 0.212 e. The molecule has 2 aliphatic carbocycles. The van der Waals surface area contributed by atoms with E-state index in [-0.39, 0.29) is 16.2 Å². The Morgan fingerprint density at radius 1 is 0.744 bits per heavy atom. The molecule has 0 radical (unpaired) electrons. The number of aryl methyl sites for hydroxylation is 2. The second kappa shape index (κ2) is 8.40. The molecule has 39 heavy (non-hydrogen) atoms. The number of pyridine rings is 1. The van der Waals surface area contributed by atoms with Gasteiger partial charge in [0.15, 0.2) is 6.20 Å². The highest BCUT2D eigenvalue weighted by Crippen LogP contribution is 2.56. The molecule has 0 saturated heterocycles. The van der Waals surface area contributed by atoms with Gasteiger partial charge in [-0.25, -0.2) is 4.57 Å². The van der Waals surface area contributed by atoms with Gasteiger partial charge in [0.2, 0.25) is 5.69 Å². The van der Waals surface area contributed by atoms with E-state index in [1.807, 2.05) is 6.07 Å². The van der Waals surface area contributed by atoms with Gasteiger partial charge in [0.1, 0.15) is 7.05 Å². The van der Waals surface area contributed by atoms with E-state index in [0.717, 1.165) is 16.7 Å². The number of fused-ring (bicyclic) bond motifs is 4.